The van der Waals surface area contributed by atoms with E-state index in [0.717, 1.165) is 12.8 Å². The minimum absolute atomic E-state index is 0.00573. The average Bonchev–Trinajstić information content (AvgIpc) is 3.23. The van der Waals surface area contributed by atoms with Crippen molar-refractivity contribution >= 4 is 35.6 Å². The normalized spacial score (nSPS) is 25.1. The van der Waals surface area contributed by atoms with Crippen LogP contribution in [0.25, 0.3) is 0 Å². The predicted molar refractivity (Wildman–Crippen MR) is 124 cm³/mol. The molecule has 3 fully saturated rings. The molecule has 200 valence electrons. The van der Waals surface area contributed by atoms with Gasteiger partial charge in [-0.25, -0.2) is 9.59 Å². The van der Waals surface area contributed by atoms with Crippen molar-refractivity contribution in [1.82, 2.24) is 20.4 Å². The molecule has 1 aliphatic carbocycles. The van der Waals surface area contributed by atoms with E-state index in [0.29, 0.717) is 0 Å². The van der Waals surface area contributed by atoms with Crippen molar-refractivity contribution < 1.29 is 43.4 Å². The molecule has 13 heteroatoms. The highest BCUT2D eigenvalue weighted by Crippen LogP contribution is 2.30. The van der Waals surface area contributed by atoms with Crippen molar-refractivity contribution in [2.75, 3.05) is 13.1 Å². The number of likely N-dealkylation sites (tertiary alicyclic amines) is 2. The van der Waals surface area contributed by atoms with Gasteiger partial charge < -0.3 is 35.1 Å². The lowest BCUT2D eigenvalue weighted by atomic mass is 10.1. The smallest absolute Gasteiger partial charge is 0.326 e. The van der Waals surface area contributed by atoms with Crippen LogP contribution >= 0.6 is 0 Å². The topological polar surface area (TPSA) is 187 Å². The van der Waals surface area contributed by atoms with Crippen LogP contribution in [-0.2, 0) is 24.0 Å². The summed E-state index contributed by atoms with van der Waals surface area (Å²) in [5.74, 6) is -3.85. The van der Waals surface area contributed by atoms with E-state index in [-0.39, 0.29) is 62.8 Å². The Morgan fingerprint density at radius 2 is 1.41 bits per heavy atom. The molecule has 3 aliphatic rings. The molecule has 4 N–H and O–H groups in total. The van der Waals surface area contributed by atoms with Crippen LogP contribution in [0.5, 0.6) is 0 Å². The van der Waals surface area contributed by atoms with E-state index in [1.54, 1.807) is 6.07 Å². The minimum Gasteiger partial charge on any atom is -0.480 e. The fourth-order valence-corrected chi connectivity index (χ4v) is 4.91. The monoisotopic (exact) mass is 518 g/mol. The van der Waals surface area contributed by atoms with E-state index < -0.39 is 53.8 Å². The summed E-state index contributed by atoms with van der Waals surface area (Å²) in [5, 5.41) is 24.6. The fourth-order valence-electron chi connectivity index (χ4n) is 4.91. The van der Waals surface area contributed by atoms with Gasteiger partial charge in [0.25, 0.3) is 5.91 Å². The van der Waals surface area contributed by atoms with Crippen LogP contribution in [0.4, 0.5) is 0 Å². The van der Waals surface area contributed by atoms with Crippen molar-refractivity contribution in [3.8, 4) is 0 Å². The Bertz CT molecular complexity index is 1070. The number of carboxylic acids is 2. The number of aliphatic carboxylic acids is 2. The first-order valence-electron chi connectivity index (χ1n) is 12.3. The third-order valence-electron chi connectivity index (χ3n) is 6.97. The molecular formula is C24H30N4O9. The first kappa shape index (κ1) is 26.2. The SMILES string of the molecule is O=C(NC1CC(C(=O)O)N(C(=O)CCCC(=O)N2CC(NC(=O)C3CC3)CC2C(=O)O)C1)c1ccco1. The molecule has 4 amide bonds. The Hall–Kier alpha value is -3.90. The van der Waals surface area contributed by atoms with E-state index in [2.05, 4.69) is 10.6 Å². The summed E-state index contributed by atoms with van der Waals surface area (Å²) in [7, 11) is 0. The zero-order valence-electron chi connectivity index (χ0n) is 20.1. The predicted octanol–water partition coefficient (Wildman–Crippen LogP) is -0.186. The summed E-state index contributed by atoms with van der Waals surface area (Å²) in [6.07, 6.45) is 3.03. The van der Waals surface area contributed by atoms with Gasteiger partial charge in [0, 0.05) is 56.8 Å². The lowest BCUT2D eigenvalue weighted by Crippen LogP contribution is -2.42. The molecular weight excluding hydrogens is 488 g/mol. The molecule has 37 heavy (non-hydrogen) atoms. The lowest BCUT2D eigenvalue weighted by molar-refractivity contribution is -0.149. The molecule has 2 saturated heterocycles. The number of nitrogens with zero attached hydrogens (tertiary/aromatic N) is 2. The Labute approximate surface area is 212 Å². The molecule has 13 nitrogen and oxygen atoms in total. The van der Waals surface area contributed by atoms with Crippen LogP contribution < -0.4 is 10.6 Å². The molecule has 0 spiro atoms. The van der Waals surface area contributed by atoms with E-state index in [9.17, 15) is 39.0 Å². The minimum atomic E-state index is -1.19. The van der Waals surface area contributed by atoms with Crippen molar-refractivity contribution in [3.05, 3.63) is 24.2 Å². The second-order valence-corrected chi connectivity index (χ2v) is 9.75. The number of carbonyl (C=O) groups is 6. The quantitative estimate of drug-likeness (QED) is 0.326. The van der Waals surface area contributed by atoms with Crippen molar-refractivity contribution in [2.24, 2.45) is 5.92 Å². The Morgan fingerprint density at radius 3 is 1.86 bits per heavy atom. The van der Waals surface area contributed by atoms with Crippen LogP contribution in [0, 0.1) is 5.92 Å². The van der Waals surface area contributed by atoms with Gasteiger partial charge in [-0.05, 0) is 31.4 Å². The highest BCUT2D eigenvalue weighted by atomic mass is 16.4. The van der Waals surface area contributed by atoms with E-state index in [4.69, 9.17) is 4.42 Å². The van der Waals surface area contributed by atoms with Crippen LogP contribution in [-0.4, -0.2) is 92.8 Å². The maximum atomic E-state index is 12.8. The van der Waals surface area contributed by atoms with Gasteiger partial charge in [-0.15, -0.1) is 0 Å². The van der Waals surface area contributed by atoms with Crippen molar-refractivity contribution in [1.29, 1.82) is 0 Å². The standard InChI is InChI=1S/C24H30N4O9/c29-19(27-11-14(9-16(27)23(33)34)25-21(31)13-6-7-13)4-1-5-20(30)28-12-15(10-17(28)24(35)36)26-22(32)18-3-2-8-37-18/h2-3,8,13-17H,1,4-7,9-12H2,(H,25,31)(H,26,32)(H,33,34)(H,35,36). The van der Waals surface area contributed by atoms with Crippen LogP contribution in [0.1, 0.15) is 55.5 Å². The third kappa shape index (κ3) is 6.27. The van der Waals surface area contributed by atoms with Crippen molar-refractivity contribution in [2.45, 2.75) is 69.1 Å². The maximum absolute atomic E-state index is 12.8. The summed E-state index contributed by atoms with van der Waals surface area (Å²) in [6, 6.07) is -0.164. The molecule has 1 aromatic heterocycles. The molecule has 1 saturated carbocycles. The lowest BCUT2D eigenvalue weighted by Gasteiger charge is -2.23. The molecule has 2 aliphatic heterocycles. The number of hydrogen-bond acceptors (Lipinski definition) is 7. The largest absolute Gasteiger partial charge is 0.480 e. The molecule has 0 aromatic carbocycles. The van der Waals surface area contributed by atoms with Gasteiger partial charge in [0.2, 0.25) is 17.7 Å². The van der Waals surface area contributed by atoms with Crippen LogP contribution in [0.15, 0.2) is 22.8 Å². The van der Waals surface area contributed by atoms with Gasteiger partial charge in [0.15, 0.2) is 5.76 Å². The van der Waals surface area contributed by atoms with Gasteiger partial charge in [-0.2, -0.15) is 0 Å². The first-order valence-corrected chi connectivity index (χ1v) is 12.3. The summed E-state index contributed by atoms with van der Waals surface area (Å²) in [6.45, 7) is 0.0955. The molecule has 3 heterocycles. The molecule has 4 unspecified atom stereocenters. The molecule has 4 rings (SSSR count). The van der Waals surface area contributed by atoms with Gasteiger partial charge in [0.1, 0.15) is 12.1 Å². The molecule has 4 atom stereocenters. The first-order chi connectivity index (χ1) is 17.6. The summed E-state index contributed by atoms with van der Waals surface area (Å²) in [5.41, 5.74) is 0. The average molecular weight is 519 g/mol. The van der Waals surface area contributed by atoms with E-state index in [1.165, 1.54) is 22.1 Å². The highest BCUT2D eigenvalue weighted by molar-refractivity contribution is 5.92. The number of hydrogen-bond donors (Lipinski definition) is 4. The van der Waals surface area contributed by atoms with Gasteiger partial charge >= 0.3 is 11.9 Å². The van der Waals surface area contributed by atoms with E-state index >= 15 is 0 Å². The second-order valence-electron chi connectivity index (χ2n) is 9.75. The molecule has 0 radical (unpaired) electrons. The third-order valence-corrected chi connectivity index (χ3v) is 6.97. The number of carboxylic acid groups (broad SMARTS) is 2. The zero-order valence-corrected chi connectivity index (χ0v) is 20.1. The summed E-state index contributed by atoms with van der Waals surface area (Å²) < 4.78 is 5.03. The van der Waals surface area contributed by atoms with Crippen molar-refractivity contribution in [3.63, 3.8) is 0 Å². The highest BCUT2D eigenvalue weighted by Gasteiger charge is 2.42. The Balaban J connectivity index is 1.27. The van der Waals surface area contributed by atoms with E-state index in [1.807, 2.05) is 0 Å². The number of carbonyl (C=O) groups excluding carboxylic acids is 4. The zero-order chi connectivity index (χ0) is 26.7. The maximum Gasteiger partial charge on any atom is 0.326 e. The number of furan rings is 1. The van der Waals surface area contributed by atoms with Gasteiger partial charge in [-0.1, -0.05) is 0 Å². The Kier molecular flexibility index (Phi) is 7.79. The molecule has 0 bridgehead atoms. The van der Waals surface area contributed by atoms with Gasteiger partial charge in [-0.3, -0.25) is 19.2 Å². The number of amides is 4. The Morgan fingerprint density at radius 1 is 0.865 bits per heavy atom. The number of nitrogens with one attached hydrogen (secondary N) is 2. The number of rotatable bonds is 10. The summed E-state index contributed by atoms with van der Waals surface area (Å²) in [4.78, 5) is 75.6. The molecule has 1 aromatic rings. The fraction of sp³-hybridized carbons (Fsp3) is 0.583. The van der Waals surface area contributed by atoms with Crippen LogP contribution in [0.2, 0.25) is 0 Å². The van der Waals surface area contributed by atoms with Crippen LogP contribution in [0.3, 0.4) is 0 Å². The second kappa shape index (κ2) is 11.0. The van der Waals surface area contributed by atoms with Gasteiger partial charge in [0.05, 0.1) is 6.26 Å². The summed E-state index contributed by atoms with van der Waals surface area (Å²) >= 11 is 0.